The number of hydrogen-bond donors (Lipinski definition) is 2. The van der Waals surface area contributed by atoms with Crippen LogP contribution in [0.1, 0.15) is 45.1 Å². The standard InChI is InChI=1S/C25H32FN5O5.CH4/c1-34-11-3-6-22(32)31-9-7-17(8-10-31)15-36-25-29-13-19(14-30-25)20-5-2-4-18(24(20)26)16-35-23(33)12-21(27)28;/h2,4-5,13-14,17H,3,6-12,15-16H2,1H3,(H3,27,28);1H4. The van der Waals surface area contributed by atoms with Crippen molar-refractivity contribution in [3.8, 4) is 17.1 Å². The summed E-state index contributed by atoms with van der Waals surface area (Å²) in [6, 6.07) is 4.94. The summed E-state index contributed by atoms with van der Waals surface area (Å²) < 4.78 is 30.7. The molecule has 10 nitrogen and oxygen atoms in total. The van der Waals surface area contributed by atoms with Crippen LogP contribution in [0.3, 0.4) is 0 Å². The van der Waals surface area contributed by atoms with Crippen LogP contribution in [0, 0.1) is 17.1 Å². The van der Waals surface area contributed by atoms with Crippen molar-refractivity contribution in [1.29, 1.82) is 5.41 Å². The lowest BCUT2D eigenvalue weighted by atomic mass is 9.97. The monoisotopic (exact) mass is 517 g/mol. The van der Waals surface area contributed by atoms with Gasteiger partial charge in [-0.25, -0.2) is 14.4 Å². The summed E-state index contributed by atoms with van der Waals surface area (Å²) >= 11 is 0. The molecule has 0 atom stereocenters. The summed E-state index contributed by atoms with van der Waals surface area (Å²) in [7, 11) is 1.63. The molecule has 0 saturated carbocycles. The van der Waals surface area contributed by atoms with E-state index in [0.717, 1.165) is 19.3 Å². The highest BCUT2D eigenvalue weighted by Gasteiger charge is 2.23. The fourth-order valence-corrected chi connectivity index (χ4v) is 3.88. The van der Waals surface area contributed by atoms with Gasteiger partial charge in [0.25, 0.3) is 0 Å². The lowest BCUT2D eigenvalue weighted by Crippen LogP contribution is -2.39. The molecule has 3 N–H and O–H groups in total. The van der Waals surface area contributed by atoms with Gasteiger partial charge in [0.1, 0.15) is 24.7 Å². The number of ether oxygens (including phenoxy) is 3. The fourth-order valence-electron chi connectivity index (χ4n) is 3.88. The maximum absolute atomic E-state index is 15.0. The van der Waals surface area contributed by atoms with E-state index in [1.807, 2.05) is 4.90 Å². The number of likely N-dealkylation sites (tertiary alicyclic amines) is 1. The molecule has 1 aliphatic rings. The first-order valence-electron chi connectivity index (χ1n) is 11.8. The van der Waals surface area contributed by atoms with Gasteiger partial charge in [-0.3, -0.25) is 15.0 Å². The summed E-state index contributed by atoms with van der Waals surface area (Å²) in [6.45, 7) is 2.18. The molecule has 1 saturated heterocycles. The number of carbonyl (C=O) groups excluding carboxylic acids is 2. The number of amidine groups is 1. The highest BCUT2D eigenvalue weighted by Crippen LogP contribution is 2.25. The Labute approximate surface area is 216 Å². The Bertz CT molecular complexity index is 1040. The van der Waals surface area contributed by atoms with Crippen LogP contribution in [-0.4, -0.2) is 66.0 Å². The van der Waals surface area contributed by atoms with Crippen molar-refractivity contribution < 1.29 is 28.2 Å². The Kier molecular flexibility index (Phi) is 11.9. The predicted molar refractivity (Wildman–Crippen MR) is 136 cm³/mol. The van der Waals surface area contributed by atoms with Gasteiger partial charge in [-0.2, -0.15) is 0 Å². The molecule has 0 radical (unpaired) electrons. The number of hydrogen-bond acceptors (Lipinski definition) is 8. The summed E-state index contributed by atoms with van der Waals surface area (Å²) in [4.78, 5) is 34.1. The number of amides is 1. The van der Waals surface area contributed by atoms with Gasteiger partial charge < -0.3 is 24.8 Å². The molecule has 202 valence electrons. The normalized spacial score (nSPS) is 13.5. The number of carbonyl (C=O) groups is 2. The maximum Gasteiger partial charge on any atom is 0.316 e. The molecule has 0 spiro atoms. The van der Waals surface area contributed by atoms with Crippen molar-refractivity contribution in [3.05, 3.63) is 42.0 Å². The number of rotatable bonds is 12. The molecular weight excluding hydrogens is 481 g/mol. The number of nitrogens with zero attached hydrogens (tertiary/aromatic N) is 3. The number of esters is 1. The molecule has 0 aliphatic carbocycles. The van der Waals surface area contributed by atoms with Crippen LogP contribution in [-0.2, 0) is 25.7 Å². The Balaban J connectivity index is 0.00000481. The molecule has 0 unspecified atom stereocenters. The Morgan fingerprint density at radius 3 is 2.57 bits per heavy atom. The Hall–Kier alpha value is -3.60. The molecule has 1 amide bonds. The number of nitrogens with one attached hydrogen (secondary N) is 1. The van der Waals surface area contributed by atoms with Gasteiger partial charge >= 0.3 is 12.0 Å². The first-order chi connectivity index (χ1) is 17.4. The zero-order chi connectivity index (χ0) is 25.9. The lowest BCUT2D eigenvalue weighted by molar-refractivity contribution is -0.143. The minimum Gasteiger partial charge on any atom is -0.463 e. The Morgan fingerprint density at radius 2 is 1.92 bits per heavy atom. The van der Waals surface area contributed by atoms with Gasteiger partial charge in [-0.15, -0.1) is 0 Å². The molecule has 2 heterocycles. The molecule has 37 heavy (non-hydrogen) atoms. The third-order valence-corrected chi connectivity index (χ3v) is 5.90. The average Bonchev–Trinajstić information content (AvgIpc) is 2.87. The van der Waals surface area contributed by atoms with Gasteiger partial charge in [-0.1, -0.05) is 25.6 Å². The van der Waals surface area contributed by atoms with Crippen LogP contribution >= 0.6 is 0 Å². The van der Waals surface area contributed by atoms with E-state index >= 15 is 0 Å². The molecule has 1 aromatic carbocycles. The third-order valence-electron chi connectivity index (χ3n) is 5.90. The van der Waals surface area contributed by atoms with Gasteiger partial charge in [0.2, 0.25) is 5.91 Å². The number of halogens is 1. The molecule has 0 bridgehead atoms. The second kappa shape index (κ2) is 14.8. The van der Waals surface area contributed by atoms with Crippen molar-refractivity contribution in [3.63, 3.8) is 0 Å². The SMILES string of the molecule is C.COCCCC(=O)N1CCC(COc2ncc(-c3cccc(COC(=O)CC(=N)N)c3F)cn2)CC1. The first kappa shape index (κ1) is 29.6. The quantitative estimate of drug-likeness (QED) is 0.189. The van der Waals surface area contributed by atoms with Crippen molar-refractivity contribution in [1.82, 2.24) is 14.9 Å². The molecule has 1 aromatic heterocycles. The van der Waals surface area contributed by atoms with Gasteiger partial charge in [0.15, 0.2) is 0 Å². The molecule has 3 rings (SSSR count). The smallest absolute Gasteiger partial charge is 0.316 e. The topological polar surface area (TPSA) is 141 Å². The van der Waals surface area contributed by atoms with Crippen molar-refractivity contribution in [2.45, 2.75) is 46.1 Å². The number of benzene rings is 1. The Morgan fingerprint density at radius 1 is 1.22 bits per heavy atom. The number of aromatic nitrogens is 2. The minimum absolute atomic E-state index is 0. The summed E-state index contributed by atoms with van der Waals surface area (Å²) in [6.07, 6.45) is 5.55. The van der Waals surface area contributed by atoms with Crippen molar-refractivity contribution in [2.24, 2.45) is 11.7 Å². The van der Waals surface area contributed by atoms with Crippen molar-refractivity contribution in [2.75, 3.05) is 33.4 Å². The third kappa shape index (κ3) is 9.09. The van der Waals surface area contributed by atoms with Crippen LogP contribution < -0.4 is 10.5 Å². The molecule has 2 aromatic rings. The van der Waals surface area contributed by atoms with E-state index < -0.39 is 11.8 Å². The van der Waals surface area contributed by atoms with Gasteiger partial charge in [-0.05, 0) is 25.2 Å². The molecule has 1 aliphatic heterocycles. The van der Waals surface area contributed by atoms with E-state index in [4.69, 9.17) is 25.4 Å². The van der Waals surface area contributed by atoms with Crippen LogP contribution in [0.5, 0.6) is 6.01 Å². The average molecular weight is 518 g/mol. The van der Waals surface area contributed by atoms with Gasteiger partial charge in [0, 0.05) is 62.3 Å². The minimum atomic E-state index is -0.698. The van der Waals surface area contributed by atoms with Crippen LogP contribution in [0.2, 0.25) is 0 Å². The highest BCUT2D eigenvalue weighted by molar-refractivity contribution is 5.94. The molecule has 11 heteroatoms. The summed E-state index contributed by atoms with van der Waals surface area (Å²) in [5.41, 5.74) is 6.08. The van der Waals surface area contributed by atoms with Crippen molar-refractivity contribution >= 4 is 17.7 Å². The van der Waals surface area contributed by atoms with E-state index in [2.05, 4.69) is 9.97 Å². The fraction of sp³-hybridized carbons (Fsp3) is 0.500. The number of methoxy groups -OCH3 is 1. The number of piperidine rings is 1. The van der Waals surface area contributed by atoms with Crippen LogP contribution in [0.15, 0.2) is 30.6 Å². The molecular formula is C26H36FN5O5. The van der Waals surface area contributed by atoms with E-state index in [1.165, 1.54) is 18.5 Å². The predicted octanol–water partition coefficient (Wildman–Crippen LogP) is 3.33. The zero-order valence-corrected chi connectivity index (χ0v) is 20.4. The zero-order valence-electron chi connectivity index (χ0n) is 20.4. The second-order valence-corrected chi connectivity index (χ2v) is 8.63. The van der Waals surface area contributed by atoms with Crippen LogP contribution in [0.25, 0.3) is 11.1 Å². The van der Waals surface area contributed by atoms with E-state index in [-0.39, 0.29) is 49.3 Å². The lowest BCUT2D eigenvalue weighted by Gasteiger charge is -2.31. The summed E-state index contributed by atoms with van der Waals surface area (Å²) in [5.74, 6) is -1.10. The largest absolute Gasteiger partial charge is 0.463 e. The van der Waals surface area contributed by atoms with Gasteiger partial charge in [0.05, 0.1) is 6.61 Å². The summed E-state index contributed by atoms with van der Waals surface area (Å²) in [5, 5.41) is 7.11. The first-order valence-corrected chi connectivity index (χ1v) is 11.8. The maximum atomic E-state index is 15.0. The van der Waals surface area contributed by atoms with E-state index in [1.54, 1.807) is 19.2 Å². The molecule has 1 fully saturated rings. The second-order valence-electron chi connectivity index (χ2n) is 8.63. The van der Waals surface area contributed by atoms with E-state index in [9.17, 15) is 14.0 Å². The van der Waals surface area contributed by atoms with E-state index in [0.29, 0.717) is 44.2 Å². The van der Waals surface area contributed by atoms with Crippen LogP contribution in [0.4, 0.5) is 4.39 Å². The highest BCUT2D eigenvalue weighted by atomic mass is 19.1. The number of nitrogens with two attached hydrogens (primary N) is 1.